The Morgan fingerprint density at radius 2 is 1.54 bits per heavy atom. The molecule has 0 aromatic heterocycles. The first-order valence-corrected chi connectivity index (χ1v) is 12.1. The fraction of sp³-hybridized carbons (Fsp3) is 1.00. The van der Waals surface area contributed by atoms with E-state index in [-0.39, 0.29) is 0 Å². The third-order valence-electron chi connectivity index (χ3n) is 8.02. The van der Waals surface area contributed by atoms with Crippen LogP contribution in [0.2, 0.25) is 0 Å². The van der Waals surface area contributed by atoms with Crippen LogP contribution in [0.3, 0.4) is 0 Å². The Balaban J connectivity index is 2.11. The number of hydrogen-bond acceptors (Lipinski definition) is 1. The van der Waals surface area contributed by atoms with E-state index in [0.717, 1.165) is 42.1 Å². The lowest BCUT2D eigenvalue weighted by Crippen LogP contribution is -2.34. The van der Waals surface area contributed by atoms with Crippen molar-refractivity contribution in [1.82, 2.24) is 0 Å². The quantitative estimate of drug-likeness (QED) is 0.539. The summed E-state index contributed by atoms with van der Waals surface area (Å²) in [6.45, 7) is 13.3. The minimum atomic E-state index is 0.679. The van der Waals surface area contributed by atoms with Gasteiger partial charge in [0.05, 0.1) is 0 Å². The van der Waals surface area contributed by atoms with Crippen molar-refractivity contribution in [2.75, 3.05) is 6.54 Å². The summed E-state index contributed by atoms with van der Waals surface area (Å²) in [5.74, 6) is 5.03. The summed E-state index contributed by atoms with van der Waals surface area (Å²) in [5, 5.41) is 0. The van der Waals surface area contributed by atoms with Crippen LogP contribution in [0.1, 0.15) is 112 Å². The number of nitrogens with two attached hydrogens (primary N) is 1. The zero-order valence-corrected chi connectivity index (χ0v) is 18.7. The van der Waals surface area contributed by atoms with E-state index in [1.54, 1.807) is 0 Å². The first-order chi connectivity index (χ1) is 12.3. The van der Waals surface area contributed by atoms with Gasteiger partial charge in [0.1, 0.15) is 0 Å². The second kappa shape index (κ2) is 10.5. The van der Waals surface area contributed by atoms with E-state index in [1.165, 1.54) is 77.0 Å². The summed E-state index contributed by atoms with van der Waals surface area (Å²) >= 11 is 0. The smallest absolute Gasteiger partial charge is 0.00461 e. The van der Waals surface area contributed by atoms with Gasteiger partial charge in [-0.2, -0.15) is 0 Å². The fourth-order valence-corrected chi connectivity index (χ4v) is 6.63. The molecule has 2 saturated carbocycles. The molecule has 1 heteroatoms. The predicted octanol–water partition coefficient (Wildman–Crippen LogP) is 7.44. The van der Waals surface area contributed by atoms with Crippen LogP contribution in [0.5, 0.6) is 0 Å². The van der Waals surface area contributed by atoms with Gasteiger partial charge in [0, 0.05) is 0 Å². The summed E-state index contributed by atoms with van der Waals surface area (Å²) < 4.78 is 0. The van der Waals surface area contributed by atoms with Crippen LogP contribution in [0, 0.1) is 40.9 Å². The van der Waals surface area contributed by atoms with Crippen molar-refractivity contribution in [3.05, 3.63) is 0 Å². The lowest BCUT2D eigenvalue weighted by molar-refractivity contribution is 0.0733. The molecule has 1 spiro atoms. The van der Waals surface area contributed by atoms with Crippen LogP contribution >= 0.6 is 0 Å². The summed E-state index contributed by atoms with van der Waals surface area (Å²) in [7, 11) is 0. The Kier molecular flexibility index (Phi) is 8.98. The lowest BCUT2D eigenvalue weighted by atomic mass is 9.61. The van der Waals surface area contributed by atoms with E-state index in [4.69, 9.17) is 5.73 Å². The standard InChI is InChI=1S/C25H49N/c1-19(2)9-12-23(18-26)24-15-21(4)17-25(13-7-6-8-14-25)16-20(3)10-11-22(24)5/h19-24H,6-18,26H2,1-5H3. The predicted molar refractivity (Wildman–Crippen MR) is 116 cm³/mol. The molecule has 0 aromatic rings. The van der Waals surface area contributed by atoms with Crippen molar-refractivity contribution in [3.63, 3.8) is 0 Å². The lowest BCUT2D eigenvalue weighted by Gasteiger charge is -2.44. The Morgan fingerprint density at radius 3 is 2.15 bits per heavy atom. The molecule has 5 unspecified atom stereocenters. The third kappa shape index (κ3) is 6.54. The molecule has 0 aromatic carbocycles. The van der Waals surface area contributed by atoms with Gasteiger partial charge in [-0.25, -0.2) is 0 Å². The van der Waals surface area contributed by atoms with E-state index in [9.17, 15) is 0 Å². The van der Waals surface area contributed by atoms with Crippen molar-refractivity contribution in [1.29, 1.82) is 0 Å². The zero-order valence-electron chi connectivity index (χ0n) is 18.7. The largest absolute Gasteiger partial charge is 0.330 e. The van der Waals surface area contributed by atoms with Crippen molar-refractivity contribution in [2.24, 2.45) is 46.7 Å². The second-order valence-corrected chi connectivity index (χ2v) is 11.1. The van der Waals surface area contributed by atoms with Gasteiger partial charge in [-0.15, -0.1) is 0 Å². The van der Waals surface area contributed by atoms with E-state index in [2.05, 4.69) is 34.6 Å². The van der Waals surface area contributed by atoms with Gasteiger partial charge < -0.3 is 5.73 Å². The van der Waals surface area contributed by atoms with Crippen molar-refractivity contribution < 1.29 is 0 Å². The first kappa shape index (κ1) is 22.3. The molecule has 154 valence electrons. The molecule has 5 atom stereocenters. The maximum Gasteiger partial charge on any atom is -0.00461 e. The van der Waals surface area contributed by atoms with Crippen LogP contribution in [0.4, 0.5) is 0 Å². The van der Waals surface area contributed by atoms with Gasteiger partial charge in [0.2, 0.25) is 0 Å². The van der Waals surface area contributed by atoms with Crippen LogP contribution in [0.15, 0.2) is 0 Å². The third-order valence-corrected chi connectivity index (χ3v) is 8.02. The molecule has 26 heavy (non-hydrogen) atoms. The van der Waals surface area contributed by atoms with Crippen LogP contribution in [0.25, 0.3) is 0 Å². The van der Waals surface area contributed by atoms with Gasteiger partial charge in [0.25, 0.3) is 0 Å². The fourth-order valence-electron chi connectivity index (χ4n) is 6.63. The van der Waals surface area contributed by atoms with Crippen LogP contribution in [-0.4, -0.2) is 6.54 Å². The first-order valence-electron chi connectivity index (χ1n) is 12.1. The van der Waals surface area contributed by atoms with Crippen molar-refractivity contribution in [2.45, 2.75) is 112 Å². The molecular weight excluding hydrogens is 314 g/mol. The molecule has 2 rings (SSSR count). The van der Waals surface area contributed by atoms with Crippen LogP contribution in [-0.2, 0) is 0 Å². The molecule has 0 amide bonds. The molecule has 2 aliphatic carbocycles. The summed E-state index contributed by atoms with van der Waals surface area (Å²) in [6.07, 6.45) is 17.4. The van der Waals surface area contributed by atoms with Gasteiger partial charge in [-0.3, -0.25) is 0 Å². The zero-order chi connectivity index (χ0) is 19.2. The highest BCUT2D eigenvalue weighted by Gasteiger charge is 2.37. The molecule has 0 heterocycles. The molecule has 2 fully saturated rings. The van der Waals surface area contributed by atoms with E-state index in [1.807, 2.05) is 0 Å². The number of rotatable bonds is 5. The Bertz CT molecular complexity index is 382. The van der Waals surface area contributed by atoms with Gasteiger partial charge >= 0.3 is 0 Å². The molecular formula is C25H49N. The molecule has 2 aliphatic rings. The van der Waals surface area contributed by atoms with Gasteiger partial charge in [-0.05, 0) is 86.0 Å². The average Bonchev–Trinajstić information content (AvgIpc) is 2.58. The van der Waals surface area contributed by atoms with E-state index >= 15 is 0 Å². The molecule has 0 saturated heterocycles. The van der Waals surface area contributed by atoms with Crippen molar-refractivity contribution >= 4 is 0 Å². The molecule has 1 nitrogen and oxygen atoms in total. The second-order valence-electron chi connectivity index (χ2n) is 11.1. The monoisotopic (exact) mass is 363 g/mol. The van der Waals surface area contributed by atoms with Crippen molar-refractivity contribution in [3.8, 4) is 0 Å². The summed E-state index contributed by atoms with van der Waals surface area (Å²) in [5.41, 5.74) is 7.00. The highest BCUT2D eigenvalue weighted by atomic mass is 14.6. The highest BCUT2D eigenvalue weighted by Crippen LogP contribution is 2.49. The summed E-state index contributed by atoms with van der Waals surface area (Å²) in [4.78, 5) is 0. The SMILES string of the molecule is CC(C)CCC(CN)C1CC(C)CC2(CCCCC2)CC(C)CCC1C. The Hall–Kier alpha value is -0.0400. The molecule has 0 bridgehead atoms. The minimum Gasteiger partial charge on any atom is -0.330 e. The summed E-state index contributed by atoms with van der Waals surface area (Å²) in [6, 6.07) is 0. The van der Waals surface area contributed by atoms with Crippen LogP contribution < -0.4 is 5.73 Å². The average molecular weight is 364 g/mol. The minimum absolute atomic E-state index is 0.679. The molecule has 2 N–H and O–H groups in total. The molecule has 0 aliphatic heterocycles. The van der Waals surface area contributed by atoms with Gasteiger partial charge in [-0.1, -0.05) is 73.1 Å². The maximum atomic E-state index is 6.32. The maximum absolute atomic E-state index is 6.32. The van der Waals surface area contributed by atoms with Gasteiger partial charge in [0.15, 0.2) is 0 Å². The Labute approximate surface area is 165 Å². The van der Waals surface area contributed by atoms with E-state index < -0.39 is 0 Å². The topological polar surface area (TPSA) is 26.0 Å². The number of hydrogen-bond donors (Lipinski definition) is 1. The van der Waals surface area contributed by atoms with E-state index in [0.29, 0.717) is 5.41 Å². The Morgan fingerprint density at radius 1 is 0.885 bits per heavy atom. The highest BCUT2D eigenvalue weighted by molar-refractivity contribution is 4.89. The molecule has 0 radical (unpaired) electrons. The normalized spacial score (nSPS) is 34.7.